The Balaban J connectivity index is 3.55. The van der Waals surface area contributed by atoms with Crippen molar-refractivity contribution in [2.24, 2.45) is 0 Å². The summed E-state index contributed by atoms with van der Waals surface area (Å²) in [6.07, 6.45) is 55.9. The van der Waals surface area contributed by atoms with E-state index < -0.39 is 16.6 Å². The maximum absolute atomic E-state index is 13.4. The van der Waals surface area contributed by atoms with Gasteiger partial charge in [-0.25, -0.2) is 0 Å². The highest BCUT2D eigenvalue weighted by Crippen LogP contribution is 2.21. The van der Waals surface area contributed by atoms with Gasteiger partial charge in [0.05, 0.1) is 0 Å². The molecule has 0 spiro atoms. The van der Waals surface area contributed by atoms with Gasteiger partial charge < -0.3 is 13.6 Å². The highest BCUT2D eigenvalue weighted by atomic mass is 28.4. The van der Waals surface area contributed by atoms with Crippen LogP contribution in [-0.4, -0.2) is 34.9 Å². The van der Waals surface area contributed by atoms with E-state index in [1.54, 1.807) is 0 Å². The first-order valence-corrected chi connectivity index (χ1v) is 30.9. The molecule has 0 saturated carbocycles. The average Bonchev–Trinajstić information content (AvgIpc) is 3.15. The molecule has 54 heavy (non-hydrogen) atoms. The molecule has 0 aromatic rings. The summed E-state index contributed by atoms with van der Waals surface area (Å²) in [5.74, 6) is 0. The SMILES string of the molecule is CCCCCCCCCCCCCCCCCCCCCCO[Si](C)(C)C(=O)[Si](C)(C)OCCCCCCCCCCCCCCCCCCCCCC. The summed E-state index contributed by atoms with van der Waals surface area (Å²) in [6, 6.07) is 0. The molecule has 0 aliphatic heterocycles. The quantitative estimate of drug-likeness (QED) is 0.0455. The van der Waals surface area contributed by atoms with Gasteiger partial charge in [-0.1, -0.05) is 258 Å². The summed E-state index contributed by atoms with van der Waals surface area (Å²) in [4.78, 5) is 13.4. The van der Waals surface area contributed by atoms with Crippen molar-refractivity contribution in [3.05, 3.63) is 0 Å². The van der Waals surface area contributed by atoms with Crippen molar-refractivity contribution < 1.29 is 13.6 Å². The van der Waals surface area contributed by atoms with Crippen LogP contribution in [0.5, 0.6) is 0 Å². The van der Waals surface area contributed by atoms with Gasteiger partial charge in [0.1, 0.15) is 0 Å². The highest BCUT2D eigenvalue weighted by Gasteiger charge is 2.45. The van der Waals surface area contributed by atoms with Gasteiger partial charge in [-0.15, -0.1) is 0 Å². The number of rotatable bonds is 46. The number of hydrogen-bond donors (Lipinski definition) is 0. The topological polar surface area (TPSA) is 35.5 Å². The minimum atomic E-state index is -2.38. The lowest BCUT2D eigenvalue weighted by Crippen LogP contribution is -2.56. The van der Waals surface area contributed by atoms with Crippen molar-refractivity contribution in [1.29, 1.82) is 0 Å². The molecular weight excluding hydrogens is 693 g/mol. The molecule has 0 atom stereocenters. The van der Waals surface area contributed by atoms with Gasteiger partial charge in [0.25, 0.3) is 16.6 Å². The lowest BCUT2D eigenvalue weighted by molar-refractivity contribution is 0.244. The fraction of sp³-hybridized carbons (Fsp3) is 0.980. The van der Waals surface area contributed by atoms with E-state index >= 15 is 0 Å². The third-order valence-electron chi connectivity index (χ3n) is 12.0. The minimum absolute atomic E-state index is 0.344. The molecule has 0 heterocycles. The molecular formula is C49H102O3Si2. The fourth-order valence-electron chi connectivity index (χ4n) is 8.23. The first-order valence-electron chi connectivity index (χ1n) is 25.1. The molecule has 0 amide bonds. The molecule has 0 rings (SSSR count). The van der Waals surface area contributed by atoms with Gasteiger partial charge in [0.2, 0.25) is 0 Å². The third-order valence-corrected chi connectivity index (χ3v) is 19.7. The number of hydrogen-bond acceptors (Lipinski definition) is 3. The first kappa shape index (κ1) is 54.0. The van der Waals surface area contributed by atoms with Crippen LogP contribution >= 0.6 is 0 Å². The van der Waals surface area contributed by atoms with Crippen molar-refractivity contribution in [3.8, 4) is 0 Å². The summed E-state index contributed by atoms with van der Waals surface area (Å²) in [5.41, 5.74) is 0. The molecule has 0 bridgehead atoms. The Kier molecular flexibility index (Phi) is 41.2. The monoisotopic (exact) mass is 795 g/mol. The van der Waals surface area contributed by atoms with Crippen LogP contribution in [0.1, 0.15) is 271 Å². The number of carbonyl (C=O) groups is 1. The lowest BCUT2D eigenvalue weighted by Gasteiger charge is -2.30. The van der Waals surface area contributed by atoms with Crippen molar-refractivity contribution in [2.75, 3.05) is 13.2 Å². The van der Waals surface area contributed by atoms with Gasteiger partial charge in [-0.3, -0.25) is 0 Å². The Morgan fingerprint density at radius 2 is 0.426 bits per heavy atom. The molecule has 3 nitrogen and oxygen atoms in total. The van der Waals surface area contributed by atoms with E-state index in [0.717, 1.165) is 26.1 Å². The summed E-state index contributed by atoms with van der Waals surface area (Å²) in [7, 11) is -4.75. The molecule has 0 aromatic carbocycles. The number of unbranched alkanes of at least 4 members (excludes halogenated alkanes) is 38. The Morgan fingerprint density at radius 3 is 0.593 bits per heavy atom. The Hall–Kier alpha value is 0.0238. The molecule has 0 aliphatic carbocycles. The molecule has 0 saturated heterocycles. The molecule has 0 aliphatic rings. The third kappa shape index (κ3) is 37.6. The molecule has 0 aromatic heterocycles. The lowest BCUT2D eigenvalue weighted by atomic mass is 10.0. The second-order valence-electron chi connectivity index (χ2n) is 18.5. The second kappa shape index (κ2) is 41.2. The predicted molar refractivity (Wildman–Crippen MR) is 248 cm³/mol. The van der Waals surface area contributed by atoms with Crippen molar-refractivity contribution in [3.63, 3.8) is 0 Å². The average molecular weight is 796 g/mol. The van der Waals surface area contributed by atoms with E-state index in [1.165, 1.54) is 244 Å². The van der Waals surface area contributed by atoms with E-state index in [9.17, 15) is 4.79 Å². The van der Waals surface area contributed by atoms with Crippen LogP contribution in [0.25, 0.3) is 0 Å². The van der Waals surface area contributed by atoms with Crippen LogP contribution in [0.2, 0.25) is 26.2 Å². The van der Waals surface area contributed by atoms with Crippen LogP contribution < -0.4 is 0 Å². The summed E-state index contributed by atoms with van der Waals surface area (Å²) in [5, 5.41) is 0.344. The van der Waals surface area contributed by atoms with Gasteiger partial charge >= 0.3 is 0 Å². The maximum atomic E-state index is 13.4. The fourth-order valence-corrected chi connectivity index (χ4v) is 16.0. The zero-order valence-electron chi connectivity index (χ0n) is 38.4. The minimum Gasteiger partial charge on any atom is -0.410 e. The van der Waals surface area contributed by atoms with E-state index in [-0.39, 0.29) is 0 Å². The first-order chi connectivity index (χ1) is 26.3. The molecule has 0 fully saturated rings. The van der Waals surface area contributed by atoms with Gasteiger partial charge in [0.15, 0.2) is 5.03 Å². The summed E-state index contributed by atoms with van der Waals surface area (Å²) >= 11 is 0. The standard InChI is InChI=1S/C49H102O3Si2/c1-7-9-11-13-15-17-19-21-23-25-27-29-31-33-35-37-39-41-43-45-47-51-53(3,4)49(50)54(5,6)52-48-46-44-42-40-38-36-34-32-30-28-26-24-22-20-18-16-14-12-10-8-2/h7-48H2,1-6H3. The van der Waals surface area contributed by atoms with Gasteiger partial charge in [-0.2, -0.15) is 0 Å². The van der Waals surface area contributed by atoms with Gasteiger partial charge in [-0.05, 0) is 39.0 Å². The van der Waals surface area contributed by atoms with Gasteiger partial charge in [0, 0.05) is 13.2 Å². The van der Waals surface area contributed by atoms with E-state index in [4.69, 9.17) is 8.85 Å². The number of carbonyl (C=O) groups excluding carboxylic acids is 1. The zero-order chi connectivity index (χ0) is 39.7. The molecule has 0 radical (unpaired) electrons. The Morgan fingerprint density at radius 1 is 0.278 bits per heavy atom. The zero-order valence-corrected chi connectivity index (χ0v) is 40.4. The predicted octanol–water partition coefficient (Wildman–Crippen LogP) is 18.4. The van der Waals surface area contributed by atoms with Crippen molar-refractivity contribution >= 4 is 21.7 Å². The molecule has 0 unspecified atom stereocenters. The Labute approximate surface area is 344 Å². The molecule has 324 valence electrons. The van der Waals surface area contributed by atoms with Crippen molar-refractivity contribution in [2.45, 2.75) is 297 Å². The Bertz CT molecular complexity index is 695. The smallest absolute Gasteiger partial charge is 0.256 e. The van der Waals surface area contributed by atoms with Crippen molar-refractivity contribution in [1.82, 2.24) is 0 Å². The molecule has 5 heteroatoms. The summed E-state index contributed by atoms with van der Waals surface area (Å²) in [6.45, 7) is 14.5. The highest BCUT2D eigenvalue weighted by molar-refractivity contribution is 7.27. The van der Waals surface area contributed by atoms with E-state index in [1.807, 2.05) is 0 Å². The normalized spacial score (nSPS) is 12.3. The van der Waals surface area contributed by atoms with Crippen LogP contribution in [0.4, 0.5) is 4.79 Å². The van der Waals surface area contributed by atoms with E-state index in [0.29, 0.717) is 5.03 Å². The molecule has 0 N–H and O–H groups in total. The van der Waals surface area contributed by atoms with Crippen LogP contribution in [-0.2, 0) is 8.85 Å². The van der Waals surface area contributed by atoms with Crippen LogP contribution in [0.15, 0.2) is 0 Å². The van der Waals surface area contributed by atoms with Crippen LogP contribution in [0, 0.1) is 0 Å². The van der Waals surface area contributed by atoms with E-state index in [2.05, 4.69) is 40.0 Å². The second-order valence-corrected chi connectivity index (χ2v) is 26.5. The largest absolute Gasteiger partial charge is 0.410 e. The summed E-state index contributed by atoms with van der Waals surface area (Å²) < 4.78 is 12.6. The van der Waals surface area contributed by atoms with Crippen LogP contribution in [0.3, 0.4) is 0 Å². The maximum Gasteiger partial charge on any atom is 0.256 e.